The lowest BCUT2D eigenvalue weighted by molar-refractivity contribution is -0.122. The Morgan fingerprint density at radius 1 is 1.19 bits per heavy atom. The first-order valence-electron chi connectivity index (χ1n) is 9.99. The minimum Gasteiger partial charge on any atom is -0.497 e. The van der Waals surface area contributed by atoms with Crippen molar-refractivity contribution in [1.29, 1.82) is 0 Å². The molecule has 0 radical (unpaired) electrons. The Balaban J connectivity index is 1.97. The van der Waals surface area contributed by atoms with Crippen LogP contribution in [0.3, 0.4) is 0 Å². The zero-order valence-electron chi connectivity index (χ0n) is 17.8. The highest BCUT2D eigenvalue weighted by Gasteiger charge is 2.29. The van der Waals surface area contributed by atoms with Gasteiger partial charge in [0.1, 0.15) is 11.8 Å². The minimum atomic E-state index is -0.466. The van der Waals surface area contributed by atoms with Crippen molar-refractivity contribution in [3.8, 4) is 17.0 Å². The van der Waals surface area contributed by atoms with Crippen LogP contribution in [0, 0.1) is 0 Å². The Bertz CT molecular complexity index is 994. The van der Waals surface area contributed by atoms with Gasteiger partial charge in [-0.3, -0.25) is 4.79 Å². The number of thiazole rings is 1. The van der Waals surface area contributed by atoms with Crippen LogP contribution < -0.4 is 15.0 Å². The van der Waals surface area contributed by atoms with E-state index in [0.29, 0.717) is 29.7 Å². The third kappa shape index (κ3) is 5.55. The molecule has 8 heteroatoms. The zero-order chi connectivity index (χ0) is 22.2. The first-order chi connectivity index (χ1) is 15.1. The van der Waals surface area contributed by atoms with E-state index in [1.54, 1.807) is 14.2 Å². The van der Waals surface area contributed by atoms with Crippen LogP contribution in [-0.4, -0.2) is 44.3 Å². The highest BCUT2D eigenvalue weighted by molar-refractivity contribution is 7.14. The summed E-state index contributed by atoms with van der Waals surface area (Å²) in [5.41, 5.74) is 2.54. The van der Waals surface area contributed by atoms with Gasteiger partial charge in [0.2, 0.25) is 5.91 Å². The van der Waals surface area contributed by atoms with Gasteiger partial charge in [-0.2, -0.15) is 0 Å². The van der Waals surface area contributed by atoms with Gasteiger partial charge in [0.05, 0.1) is 30.1 Å². The number of rotatable bonds is 10. The molecule has 0 aliphatic carbocycles. The topological polar surface area (TPSA) is 63.7 Å². The van der Waals surface area contributed by atoms with Crippen molar-refractivity contribution in [3.05, 3.63) is 58.9 Å². The highest BCUT2D eigenvalue weighted by atomic mass is 35.5. The molecule has 3 aromatic rings. The van der Waals surface area contributed by atoms with Crippen molar-refractivity contribution >= 4 is 39.7 Å². The summed E-state index contributed by atoms with van der Waals surface area (Å²) in [5.74, 6) is 0.691. The van der Waals surface area contributed by atoms with Gasteiger partial charge in [0.15, 0.2) is 5.13 Å². The number of amides is 1. The fourth-order valence-electron chi connectivity index (χ4n) is 3.20. The van der Waals surface area contributed by atoms with E-state index in [0.717, 1.165) is 22.7 Å². The van der Waals surface area contributed by atoms with Crippen LogP contribution in [0.5, 0.6) is 5.75 Å². The standard InChI is InChI=1S/C23H26ClN3O3S/c1-4-20(22(28)25-13-14-29-2)27(21-8-6-5-7-18(21)24)23-26-19(15-31-23)16-9-11-17(30-3)12-10-16/h5-12,15,20H,4,13-14H2,1-3H3,(H,25,28)/t20-/m1/s1. The van der Waals surface area contributed by atoms with Crippen LogP contribution >= 0.6 is 22.9 Å². The summed E-state index contributed by atoms with van der Waals surface area (Å²) in [5, 5.41) is 6.19. The molecule has 2 aromatic carbocycles. The molecule has 1 atom stereocenters. The van der Waals surface area contributed by atoms with E-state index in [1.807, 2.05) is 65.7 Å². The number of aromatic nitrogens is 1. The number of nitrogens with zero attached hydrogens (tertiary/aromatic N) is 2. The molecule has 1 heterocycles. The number of hydrogen-bond donors (Lipinski definition) is 1. The Hall–Kier alpha value is -2.61. The van der Waals surface area contributed by atoms with Crippen molar-refractivity contribution in [2.24, 2.45) is 0 Å². The van der Waals surface area contributed by atoms with Gasteiger partial charge in [-0.25, -0.2) is 4.98 Å². The number of ether oxygens (including phenoxy) is 2. The normalized spacial score (nSPS) is 11.7. The van der Waals surface area contributed by atoms with E-state index in [2.05, 4.69) is 5.32 Å². The van der Waals surface area contributed by atoms with E-state index in [4.69, 9.17) is 26.1 Å². The molecule has 0 spiro atoms. The van der Waals surface area contributed by atoms with Crippen molar-refractivity contribution in [3.63, 3.8) is 0 Å². The maximum Gasteiger partial charge on any atom is 0.243 e. The zero-order valence-corrected chi connectivity index (χ0v) is 19.4. The monoisotopic (exact) mass is 459 g/mol. The average Bonchev–Trinajstić information content (AvgIpc) is 3.28. The molecule has 3 rings (SSSR count). The SMILES string of the molecule is CC[C@H](C(=O)NCCOC)N(c1nc(-c2ccc(OC)cc2)cs1)c1ccccc1Cl. The number of hydrogen-bond acceptors (Lipinski definition) is 6. The number of carbonyl (C=O) groups excluding carboxylic acids is 1. The molecule has 1 N–H and O–H groups in total. The number of carbonyl (C=O) groups is 1. The van der Waals surface area contributed by atoms with Gasteiger partial charge in [-0.15, -0.1) is 11.3 Å². The molecular weight excluding hydrogens is 434 g/mol. The van der Waals surface area contributed by atoms with Crippen molar-refractivity contribution in [2.75, 3.05) is 32.3 Å². The van der Waals surface area contributed by atoms with Gasteiger partial charge in [0.25, 0.3) is 0 Å². The van der Waals surface area contributed by atoms with Crippen LogP contribution in [0.2, 0.25) is 5.02 Å². The van der Waals surface area contributed by atoms with Crippen LogP contribution in [0.15, 0.2) is 53.9 Å². The molecule has 6 nitrogen and oxygen atoms in total. The van der Waals surface area contributed by atoms with Crippen LogP contribution in [0.25, 0.3) is 11.3 Å². The summed E-state index contributed by atoms with van der Waals surface area (Å²) in [4.78, 5) is 19.8. The van der Waals surface area contributed by atoms with Crippen molar-refractivity contribution in [2.45, 2.75) is 19.4 Å². The van der Waals surface area contributed by atoms with Crippen LogP contribution in [-0.2, 0) is 9.53 Å². The van der Waals surface area contributed by atoms with Gasteiger partial charge < -0.3 is 19.7 Å². The summed E-state index contributed by atoms with van der Waals surface area (Å²) in [6, 6.07) is 14.8. The van der Waals surface area contributed by atoms with Crippen molar-refractivity contribution in [1.82, 2.24) is 10.3 Å². The van der Waals surface area contributed by atoms with E-state index in [1.165, 1.54) is 11.3 Å². The number of methoxy groups -OCH3 is 2. The lowest BCUT2D eigenvalue weighted by atomic mass is 10.1. The number of para-hydroxylation sites is 1. The first-order valence-corrected chi connectivity index (χ1v) is 11.2. The summed E-state index contributed by atoms with van der Waals surface area (Å²) in [6.45, 7) is 2.87. The Labute approximate surface area is 191 Å². The fourth-order valence-corrected chi connectivity index (χ4v) is 4.32. The van der Waals surface area contributed by atoms with Gasteiger partial charge in [-0.05, 0) is 42.8 Å². The molecule has 31 heavy (non-hydrogen) atoms. The number of anilines is 2. The van der Waals surface area contributed by atoms with Crippen molar-refractivity contribution < 1.29 is 14.3 Å². The maximum atomic E-state index is 13.0. The molecule has 0 aliphatic heterocycles. The van der Waals surface area contributed by atoms with E-state index < -0.39 is 6.04 Å². The minimum absolute atomic E-state index is 0.0966. The largest absolute Gasteiger partial charge is 0.497 e. The molecule has 164 valence electrons. The molecule has 0 fully saturated rings. The fraction of sp³-hybridized carbons (Fsp3) is 0.304. The maximum absolute atomic E-state index is 13.0. The lowest BCUT2D eigenvalue weighted by Crippen LogP contribution is -2.45. The van der Waals surface area contributed by atoms with E-state index in [9.17, 15) is 4.79 Å². The summed E-state index contributed by atoms with van der Waals surface area (Å²) in [6.07, 6.45) is 0.585. The second-order valence-corrected chi connectivity index (χ2v) is 8.02. The summed E-state index contributed by atoms with van der Waals surface area (Å²) in [7, 11) is 3.25. The number of benzene rings is 2. The van der Waals surface area contributed by atoms with Gasteiger partial charge in [0, 0.05) is 24.6 Å². The lowest BCUT2D eigenvalue weighted by Gasteiger charge is -2.30. The average molecular weight is 460 g/mol. The third-order valence-corrected chi connectivity index (χ3v) is 5.96. The molecular formula is C23H26ClN3O3S. The van der Waals surface area contributed by atoms with Gasteiger partial charge in [-0.1, -0.05) is 30.7 Å². The first kappa shape index (κ1) is 23.1. The summed E-state index contributed by atoms with van der Waals surface area (Å²) < 4.78 is 10.3. The number of nitrogens with one attached hydrogen (secondary N) is 1. The molecule has 0 aliphatic rings. The molecule has 0 saturated heterocycles. The molecule has 0 unspecified atom stereocenters. The Morgan fingerprint density at radius 2 is 1.94 bits per heavy atom. The molecule has 1 aromatic heterocycles. The smallest absolute Gasteiger partial charge is 0.243 e. The highest BCUT2D eigenvalue weighted by Crippen LogP contribution is 2.38. The predicted octanol–water partition coefficient (Wildman–Crippen LogP) is 5.15. The second kappa shape index (κ2) is 11.1. The van der Waals surface area contributed by atoms with Crippen LogP contribution in [0.4, 0.5) is 10.8 Å². The third-order valence-electron chi connectivity index (χ3n) is 4.80. The van der Waals surface area contributed by atoms with E-state index in [-0.39, 0.29) is 5.91 Å². The molecule has 1 amide bonds. The Kier molecular flexibility index (Phi) is 8.28. The predicted molar refractivity (Wildman–Crippen MR) is 127 cm³/mol. The second-order valence-electron chi connectivity index (χ2n) is 6.77. The Morgan fingerprint density at radius 3 is 2.58 bits per heavy atom. The molecule has 0 bridgehead atoms. The summed E-state index contributed by atoms with van der Waals surface area (Å²) >= 11 is 8.00. The number of halogens is 1. The molecule has 0 saturated carbocycles. The van der Waals surface area contributed by atoms with Crippen LogP contribution in [0.1, 0.15) is 13.3 Å². The van der Waals surface area contributed by atoms with Gasteiger partial charge >= 0.3 is 0 Å². The van der Waals surface area contributed by atoms with E-state index >= 15 is 0 Å². The quantitative estimate of drug-likeness (QED) is 0.425.